The first-order chi connectivity index (χ1) is 17.2. The number of benzene rings is 4. The van der Waals surface area contributed by atoms with Crippen LogP contribution >= 0.6 is 34.8 Å². The van der Waals surface area contributed by atoms with Crippen LogP contribution in [0.4, 0.5) is 11.4 Å². The molecule has 36 heavy (non-hydrogen) atoms. The third-order valence-corrected chi connectivity index (χ3v) is 8.15. The molecule has 1 amide bonds. The van der Waals surface area contributed by atoms with E-state index in [1.165, 1.54) is 4.31 Å². The van der Waals surface area contributed by atoms with Gasteiger partial charge >= 0.3 is 0 Å². The SMILES string of the molecule is Cc1ccc(Cl)cc1N(Cc1ccc(C(=O)Nc2c(Cl)cccc2Cl)cc1)S(=O)(=O)c1ccccc1. The third kappa shape index (κ3) is 5.68. The summed E-state index contributed by atoms with van der Waals surface area (Å²) in [5, 5.41) is 3.79. The van der Waals surface area contributed by atoms with Crippen molar-refractivity contribution in [2.45, 2.75) is 18.4 Å². The van der Waals surface area contributed by atoms with Gasteiger partial charge in [-0.2, -0.15) is 0 Å². The highest BCUT2D eigenvalue weighted by Crippen LogP contribution is 2.32. The summed E-state index contributed by atoms with van der Waals surface area (Å²) in [6, 6.07) is 24.9. The second kappa shape index (κ2) is 10.9. The largest absolute Gasteiger partial charge is 0.319 e. The minimum Gasteiger partial charge on any atom is -0.319 e. The zero-order valence-electron chi connectivity index (χ0n) is 19.1. The number of carbonyl (C=O) groups excluding carboxylic acids is 1. The summed E-state index contributed by atoms with van der Waals surface area (Å²) >= 11 is 18.5. The van der Waals surface area contributed by atoms with Crippen molar-refractivity contribution >= 4 is 62.1 Å². The molecule has 0 saturated heterocycles. The van der Waals surface area contributed by atoms with Crippen LogP contribution in [0, 0.1) is 6.92 Å². The third-order valence-electron chi connectivity index (χ3n) is 5.51. The van der Waals surface area contributed by atoms with E-state index in [-0.39, 0.29) is 11.4 Å². The van der Waals surface area contributed by atoms with E-state index >= 15 is 0 Å². The molecule has 4 aromatic rings. The first-order valence-corrected chi connectivity index (χ1v) is 13.4. The molecule has 0 atom stereocenters. The van der Waals surface area contributed by atoms with Crippen LogP contribution in [0.1, 0.15) is 21.5 Å². The number of hydrogen-bond acceptors (Lipinski definition) is 3. The van der Waals surface area contributed by atoms with Crippen molar-refractivity contribution in [3.63, 3.8) is 0 Å². The highest BCUT2D eigenvalue weighted by molar-refractivity contribution is 7.92. The number of nitrogens with zero attached hydrogens (tertiary/aromatic N) is 1. The maximum Gasteiger partial charge on any atom is 0.264 e. The van der Waals surface area contributed by atoms with Crippen LogP contribution in [0.25, 0.3) is 0 Å². The second-order valence-electron chi connectivity index (χ2n) is 8.00. The Morgan fingerprint density at radius 3 is 2.11 bits per heavy atom. The Balaban J connectivity index is 1.64. The van der Waals surface area contributed by atoms with Crippen molar-refractivity contribution in [1.29, 1.82) is 0 Å². The number of halogens is 3. The Bertz CT molecular complexity index is 1490. The van der Waals surface area contributed by atoms with E-state index in [9.17, 15) is 13.2 Å². The van der Waals surface area contributed by atoms with Crippen molar-refractivity contribution in [3.8, 4) is 0 Å². The normalized spacial score (nSPS) is 11.2. The Kier molecular flexibility index (Phi) is 7.91. The molecule has 9 heteroatoms. The summed E-state index contributed by atoms with van der Waals surface area (Å²) in [6.07, 6.45) is 0. The van der Waals surface area contributed by atoms with Crippen molar-refractivity contribution in [3.05, 3.63) is 123 Å². The maximum atomic E-state index is 13.6. The van der Waals surface area contributed by atoms with Crippen LogP contribution in [-0.4, -0.2) is 14.3 Å². The Hall–Kier alpha value is -3.03. The topological polar surface area (TPSA) is 66.5 Å². The molecular formula is C27H21Cl3N2O3S. The number of anilines is 2. The molecule has 184 valence electrons. The van der Waals surface area contributed by atoms with E-state index in [0.29, 0.717) is 37.6 Å². The summed E-state index contributed by atoms with van der Waals surface area (Å²) in [5.41, 5.74) is 2.60. The maximum absolute atomic E-state index is 13.6. The first kappa shape index (κ1) is 26.0. The fourth-order valence-electron chi connectivity index (χ4n) is 3.60. The van der Waals surface area contributed by atoms with Gasteiger partial charge in [0.2, 0.25) is 0 Å². The summed E-state index contributed by atoms with van der Waals surface area (Å²) < 4.78 is 28.6. The first-order valence-electron chi connectivity index (χ1n) is 10.8. The van der Waals surface area contributed by atoms with Crippen molar-refractivity contribution in [2.75, 3.05) is 9.62 Å². The van der Waals surface area contributed by atoms with Gasteiger partial charge in [-0.25, -0.2) is 8.42 Å². The molecule has 0 spiro atoms. The number of carbonyl (C=O) groups is 1. The lowest BCUT2D eigenvalue weighted by molar-refractivity contribution is 0.102. The molecule has 5 nitrogen and oxygen atoms in total. The standard InChI is InChI=1S/C27H21Cl3N2O3S/c1-18-10-15-21(28)16-25(18)32(36(34,35)22-6-3-2-4-7-22)17-19-11-13-20(14-12-19)27(33)31-26-23(29)8-5-9-24(26)30/h2-16H,17H2,1H3,(H,31,33). The fraction of sp³-hybridized carbons (Fsp3) is 0.0741. The summed E-state index contributed by atoms with van der Waals surface area (Å²) in [5.74, 6) is -0.393. The Morgan fingerprint density at radius 2 is 1.47 bits per heavy atom. The predicted octanol–water partition coefficient (Wildman–Crippen LogP) is 7.60. The molecule has 0 saturated carbocycles. The molecule has 0 fully saturated rings. The Morgan fingerprint density at radius 1 is 0.833 bits per heavy atom. The van der Waals surface area contributed by atoms with Gasteiger partial charge in [-0.3, -0.25) is 9.10 Å². The van der Waals surface area contributed by atoms with Crippen LogP contribution in [0.5, 0.6) is 0 Å². The summed E-state index contributed by atoms with van der Waals surface area (Å²) in [4.78, 5) is 12.9. The number of sulfonamides is 1. The molecule has 0 aliphatic rings. The van der Waals surface area contributed by atoms with Gasteiger partial charge in [0.15, 0.2) is 0 Å². The minimum atomic E-state index is -3.90. The lowest BCUT2D eigenvalue weighted by Crippen LogP contribution is -2.31. The number of hydrogen-bond donors (Lipinski definition) is 1. The molecule has 4 aromatic carbocycles. The quantitative estimate of drug-likeness (QED) is 0.253. The summed E-state index contributed by atoms with van der Waals surface area (Å²) in [6.45, 7) is 1.86. The average Bonchev–Trinajstić information content (AvgIpc) is 2.87. The Labute approximate surface area is 225 Å². The van der Waals surface area contributed by atoms with Gasteiger partial charge in [0.25, 0.3) is 15.9 Å². The lowest BCUT2D eigenvalue weighted by Gasteiger charge is -2.26. The molecule has 0 aromatic heterocycles. The van der Waals surface area contributed by atoms with Gasteiger partial charge in [0, 0.05) is 10.6 Å². The molecule has 0 bridgehead atoms. The van der Waals surface area contributed by atoms with E-state index in [4.69, 9.17) is 34.8 Å². The van der Waals surface area contributed by atoms with Crippen LogP contribution in [0.2, 0.25) is 15.1 Å². The summed E-state index contributed by atoms with van der Waals surface area (Å²) in [7, 11) is -3.90. The van der Waals surface area contributed by atoms with E-state index in [1.807, 2.05) is 6.92 Å². The number of aryl methyl sites for hydroxylation is 1. The van der Waals surface area contributed by atoms with Gasteiger partial charge in [-0.1, -0.05) is 77.3 Å². The lowest BCUT2D eigenvalue weighted by atomic mass is 10.1. The van der Waals surface area contributed by atoms with Gasteiger partial charge in [-0.15, -0.1) is 0 Å². The van der Waals surface area contributed by atoms with Gasteiger partial charge in [-0.05, 0) is 66.6 Å². The van der Waals surface area contributed by atoms with Crippen molar-refractivity contribution in [1.82, 2.24) is 0 Å². The number of para-hydroxylation sites is 1. The van der Waals surface area contributed by atoms with Crippen LogP contribution < -0.4 is 9.62 Å². The van der Waals surface area contributed by atoms with Crippen LogP contribution in [0.15, 0.2) is 95.9 Å². The van der Waals surface area contributed by atoms with Gasteiger partial charge in [0.05, 0.1) is 32.9 Å². The minimum absolute atomic E-state index is 0.0383. The highest BCUT2D eigenvalue weighted by atomic mass is 35.5. The van der Waals surface area contributed by atoms with Crippen molar-refractivity contribution < 1.29 is 13.2 Å². The molecule has 0 heterocycles. The van der Waals surface area contributed by atoms with E-state index in [0.717, 1.165) is 5.56 Å². The fourth-order valence-corrected chi connectivity index (χ4v) is 5.79. The average molecular weight is 560 g/mol. The number of nitrogens with one attached hydrogen (secondary N) is 1. The zero-order chi connectivity index (χ0) is 25.9. The van der Waals surface area contributed by atoms with Gasteiger partial charge < -0.3 is 5.32 Å². The highest BCUT2D eigenvalue weighted by Gasteiger charge is 2.26. The molecule has 0 aliphatic heterocycles. The van der Waals surface area contributed by atoms with Crippen LogP contribution in [-0.2, 0) is 16.6 Å². The number of rotatable bonds is 7. The van der Waals surface area contributed by atoms with E-state index in [2.05, 4.69) is 5.32 Å². The zero-order valence-corrected chi connectivity index (χ0v) is 22.2. The van der Waals surface area contributed by atoms with E-state index < -0.39 is 15.9 Å². The molecule has 1 N–H and O–H groups in total. The molecule has 0 aliphatic carbocycles. The molecule has 4 rings (SSSR count). The second-order valence-corrected chi connectivity index (χ2v) is 11.1. The van der Waals surface area contributed by atoms with E-state index in [1.54, 1.807) is 91.0 Å². The van der Waals surface area contributed by atoms with Crippen molar-refractivity contribution in [2.24, 2.45) is 0 Å². The smallest absolute Gasteiger partial charge is 0.264 e. The number of amides is 1. The molecular weight excluding hydrogens is 539 g/mol. The van der Waals surface area contributed by atoms with Crippen LogP contribution in [0.3, 0.4) is 0 Å². The monoisotopic (exact) mass is 558 g/mol. The van der Waals surface area contributed by atoms with Gasteiger partial charge in [0.1, 0.15) is 0 Å². The predicted molar refractivity (Wildman–Crippen MR) is 147 cm³/mol. The molecule has 0 radical (unpaired) electrons. The molecule has 0 unspecified atom stereocenters.